The minimum absolute atomic E-state index is 0.104. The molecule has 0 radical (unpaired) electrons. The number of amides is 2. The van der Waals surface area contributed by atoms with Crippen LogP contribution >= 0.6 is 15.9 Å². The molecular formula is C34H42BrN3O4S. The fourth-order valence-electron chi connectivity index (χ4n) is 5.64. The number of sulfonamides is 1. The zero-order valence-electron chi connectivity index (χ0n) is 25.3. The van der Waals surface area contributed by atoms with Crippen molar-refractivity contribution in [2.75, 3.05) is 17.1 Å². The number of hydrogen-bond acceptors (Lipinski definition) is 4. The summed E-state index contributed by atoms with van der Waals surface area (Å²) in [6, 6.07) is 22.5. The molecule has 0 aliphatic heterocycles. The lowest BCUT2D eigenvalue weighted by Crippen LogP contribution is -2.52. The quantitative estimate of drug-likeness (QED) is 0.231. The van der Waals surface area contributed by atoms with E-state index in [4.69, 9.17) is 0 Å². The van der Waals surface area contributed by atoms with Crippen LogP contribution in [0.25, 0.3) is 0 Å². The first-order valence-corrected chi connectivity index (χ1v) is 17.6. The predicted octanol–water partition coefficient (Wildman–Crippen LogP) is 6.31. The maximum absolute atomic E-state index is 14.0. The molecule has 0 unspecified atom stereocenters. The van der Waals surface area contributed by atoms with Crippen LogP contribution in [0.3, 0.4) is 0 Å². The summed E-state index contributed by atoms with van der Waals surface area (Å²) >= 11 is 3.53. The molecule has 9 heteroatoms. The van der Waals surface area contributed by atoms with Gasteiger partial charge in [0, 0.05) is 36.4 Å². The van der Waals surface area contributed by atoms with E-state index in [2.05, 4.69) is 21.2 Å². The van der Waals surface area contributed by atoms with E-state index in [1.54, 1.807) is 11.0 Å². The Bertz CT molecular complexity index is 1510. The van der Waals surface area contributed by atoms with E-state index in [9.17, 15) is 18.0 Å². The number of nitrogens with one attached hydrogen (secondary N) is 1. The van der Waals surface area contributed by atoms with Gasteiger partial charge < -0.3 is 10.2 Å². The summed E-state index contributed by atoms with van der Waals surface area (Å²) in [5.41, 5.74) is 4.54. The Labute approximate surface area is 264 Å². The largest absolute Gasteiger partial charge is 0.352 e. The van der Waals surface area contributed by atoms with Gasteiger partial charge in [-0.05, 0) is 79.6 Å². The highest BCUT2D eigenvalue weighted by molar-refractivity contribution is 9.10. The zero-order chi connectivity index (χ0) is 31.0. The van der Waals surface area contributed by atoms with Crippen molar-refractivity contribution >= 4 is 43.5 Å². The van der Waals surface area contributed by atoms with Crippen molar-refractivity contribution in [3.8, 4) is 0 Å². The number of anilines is 1. The van der Waals surface area contributed by atoms with Crippen LogP contribution in [0.15, 0.2) is 77.3 Å². The first-order valence-electron chi connectivity index (χ1n) is 14.9. The summed E-state index contributed by atoms with van der Waals surface area (Å²) in [6.45, 7) is 4.36. The van der Waals surface area contributed by atoms with Crippen LogP contribution in [0.4, 0.5) is 5.69 Å². The lowest BCUT2D eigenvalue weighted by Gasteiger charge is -2.33. The molecule has 230 valence electrons. The Kier molecular flexibility index (Phi) is 11.4. The molecule has 43 heavy (non-hydrogen) atoms. The van der Waals surface area contributed by atoms with Gasteiger partial charge in [-0.15, -0.1) is 0 Å². The third-order valence-electron chi connectivity index (χ3n) is 8.15. The van der Waals surface area contributed by atoms with E-state index < -0.39 is 16.1 Å². The molecule has 1 aliphatic carbocycles. The average Bonchev–Trinajstić information content (AvgIpc) is 3.47. The number of carbonyl (C=O) groups is 2. The summed E-state index contributed by atoms with van der Waals surface area (Å²) < 4.78 is 27.8. The maximum atomic E-state index is 14.0. The highest BCUT2D eigenvalue weighted by atomic mass is 79.9. The smallest absolute Gasteiger partial charge is 0.243 e. The molecule has 1 fully saturated rings. The number of nitrogens with zero attached hydrogens (tertiary/aromatic N) is 2. The van der Waals surface area contributed by atoms with Crippen molar-refractivity contribution in [1.82, 2.24) is 10.2 Å². The molecule has 4 rings (SSSR count). The third kappa shape index (κ3) is 9.41. The second-order valence-electron chi connectivity index (χ2n) is 11.6. The van der Waals surface area contributed by atoms with E-state index in [-0.39, 0.29) is 37.4 Å². The first kappa shape index (κ1) is 32.7. The summed E-state index contributed by atoms with van der Waals surface area (Å²) in [6.07, 6.45) is 6.07. The molecule has 0 saturated heterocycles. The third-order valence-corrected chi connectivity index (χ3v) is 9.83. The molecule has 0 bridgehead atoms. The highest BCUT2D eigenvalue weighted by Crippen LogP contribution is 2.24. The zero-order valence-corrected chi connectivity index (χ0v) is 27.7. The second-order valence-corrected chi connectivity index (χ2v) is 14.4. The van der Waals surface area contributed by atoms with Gasteiger partial charge in [-0.2, -0.15) is 0 Å². The molecule has 0 heterocycles. The Morgan fingerprint density at radius 1 is 0.930 bits per heavy atom. The SMILES string of the molecule is Cc1ccc(N(CCCC(=O)N(Cc2cccc(Br)c2)[C@@H](Cc2ccccc2)C(=O)NC2CCCC2)S(C)(=O)=O)cc1C. The van der Waals surface area contributed by atoms with E-state index in [1.165, 1.54) is 10.6 Å². The number of hydrogen-bond donors (Lipinski definition) is 1. The van der Waals surface area contributed by atoms with Crippen LogP contribution in [0.2, 0.25) is 0 Å². The molecule has 1 aliphatic rings. The van der Waals surface area contributed by atoms with Crippen LogP contribution < -0.4 is 9.62 Å². The monoisotopic (exact) mass is 667 g/mol. The van der Waals surface area contributed by atoms with Crippen molar-refractivity contribution in [2.24, 2.45) is 0 Å². The van der Waals surface area contributed by atoms with Crippen LogP contribution in [0.1, 0.15) is 60.8 Å². The van der Waals surface area contributed by atoms with E-state index >= 15 is 0 Å². The number of benzene rings is 3. The Hall–Kier alpha value is -3.17. The molecule has 0 spiro atoms. The van der Waals surface area contributed by atoms with Crippen LogP contribution in [0.5, 0.6) is 0 Å². The predicted molar refractivity (Wildman–Crippen MR) is 176 cm³/mol. The van der Waals surface area contributed by atoms with Gasteiger partial charge in [0.2, 0.25) is 21.8 Å². The van der Waals surface area contributed by atoms with Gasteiger partial charge in [-0.3, -0.25) is 13.9 Å². The van der Waals surface area contributed by atoms with Crippen molar-refractivity contribution in [2.45, 2.75) is 77.4 Å². The van der Waals surface area contributed by atoms with Gasteiger partial charge in [0.1, 0.15) is 6.04 Å². The second kappa shape index (κ2) is 15.0. The van der Waals surface area contributed by atoms with Crippen molar-refractivity contribution in [1.29, 1.82) is 0 Å². The van der Waals surface area contributed by atoms with Crippen LogP contribution in [-0.4, -0.2) is 50.0 Å². The van der Waals surface area contributed by atoms with Gasteiger partial charge in [0.15, 0.2) is 0 Å². The summed E-state index contributed by atoms with van der Waals surface area (Å²) in [5.74, 6) is -0.331. The van der Waals surface area contributed by atoms with Gasteiger partial charge in [-0.25, -0.2) is 8.42 Å². The summed E-state index contributed by atoms with van der Waals surface area (Å²) in [5, 5.41) is 3.23. The molecule has 3 aromatic carbocycles. The molecule has 2 amide bonds. The molecule has 7 nitrogen and oxygen atoms in total. The Balaban J connectivity index is 1.59. The topological polar surface area (TPSA) is 86.8 Å². The van der Waals surface area contributed by atoms with E-state index in [0.29, 0.717) is 18.5 Å². The fraction of sp³-hybridized carbons (Fsp3) is 0.412. The molecule has 1 N–H and O–H groups in total. The molecular weight excluding hydrogens is 626 g/mol. The van der Waals surface area contributed by atoms with Crippen LogP contribution in [0, 0.1) is 13.8 Å². The maximum Gasteiger partial charge on any atom is 0.243 e. The summed E-state index contributed by atoms with van der Waals surface area (Å²) in [4.78, 5) is 29.6. The first-order chi connectivity index (χ1) is 20.5. The van der Waals surface area contributed by atoms with Gasteiger partial charge in [0.25, 0.3) is 0 Å². The fourth-order valence-corrected chi connectivity index (χ4v) is 7.04. The van der Waals surface area contributed by atoms with Crippen molar-refractivity contribution in [3.63, 3.8) is 0 Å². The average molecular weight is 669 g/mol. The summed E-state index contributed by atoms with van der Waals surface area (Å²) in [7, 11) is -3.56. The normalized spacial score (nSPS) is 14.3. The molecule has 1 saturated carbocycles. The van der Waals surface area contributed by atoms with Gasteiger partial charge >= 0.3 is 0 Å². The highest BCUT2D eigenvalue weighted by Gasteiger charge is 2.32. The Morgan fingerprint density at radius 2 is 1.63 bits per heavy atom. The van der Waals surface area contributed by atoms with Crippen LogP contribution in [-0.2, 0) is 32.6 Å². The van der Waals surface area contributed by atoms with E-state index in [1.807, 2.05) is 80.6 Å². The van der Waals surface area contributed by atoms with E-state index in [0.717, 1.165) is 52.4 Å². The number of halogens is 1. The molecule has 0 aromatic heterocycles. The molecule has 1 atom stereocenters. The standard InChI is InChI=1S/C34H42BrN3O4S/c1-25-18-19-31(21-26(25)2)38(43(3,41)42)20-10-17-33(39)37(24-28-13-9-14-29(35)22-28)32(23-27-11-5-4-6-12-27)34(40)36-30-15-7-8-16-30/h4-6,9,11-14,18-19,21-22,30,32H,7-8,10,15-17,20,23-24H2,1-3H3,(H,36,40)/t32-/m0/s1. The lowest BCUT2D eigenvalue weighted by molar-refractivity contribution is -0.141. The van der Waals surface area contributed by atoms with Gasteiger partial charge in [0.05, 0.1) is 11.9 Å². The number of aryl methyl sites for hydroxylation is 2. The van der Waals surface area contributed by atoms with Crippen molar-refractivity contribution in [3.05, 3.63) is 99.5 Å². The lowest BCUT2D eigenvalue weighted by atomic mass is 10.0. The minimum Gasteiger partial charge on any atom is -0.352 e. The number of carbonyl (C=O) groups excluding carboxylic acids is 2. The van der Waals surface area contributed by atoms with Crippen molar-refractivity contribution < 1.29 is 18.0 Å². The minimum atomic E-state index is -3.56. The molecule has 3 aromatic rings. The van der Waals surface area contributed by atoms with Gasteiger partial charge in [-0.1, -0.05) is 77.3 Å². The number of rotatable bonds is 13. The Morgan fingerprint density at radius 3 is 2.28 bits per heavy atom.